The van der Waals surface area contributed by atoms with Gasteiger partial charge in [0.05, 0.1) is 17.2 Å². The van der Waals surface area contributed by atoms with Gasteiger partial charge in [0.1, 0.15) is 0 Å². The Hall–Kier alpha value is -0.980. The molecule has 0 radical (unpaired) electrons. The maximum absolute atomic E-state index is 11.1. The van der Waals surface area contributed by atoms with Crippen LogP contribution in [0.2, 0.25) is 0 Å². The molecule has 100 valence electrons. The highest BCUT2D eigenvalue weighted by atomic mass is 32.2. The van der Waals surface area contributed by atoms with Gasteiger partial charge in [-0.3, -0.25) is 0 Å². The molecule has 2 nitrogen and oxygen atoms in total. The Balaban J connectivity index is 2.00. The summed E-state index contributed by atoms with van der Waals surface area (Å²) in [5.74, 6) is 0. The third-order valence-corrected chi connectivity index (χ3v) is 5.94. The molecule has 2 saturated heterocycles. The molecule has 1 aromatic carbocycles. The predicted molar refractivity (Wildman–Crippen MR) is 78.0 cm³/mol. The Bertz CT molecular complexity index is 522. The van der Waals surface area contributed by atoms with Crippen LogP contribution in [-0.4, -0.2) is 15.6 Å². The quantitative estimate of drug-likeness (QED) is 0.851. The summed E-state index contributed by atoms with van der Waals surface area (Å²) in [7, 11) is 0. The largest absolute Gasteiger partial charge is 0.385 e. The van der Waals surface area contributed by atoms with Crippen molar-refractivity contribution in [2.75, 3.05) is 0 Å². The van der Waals surface area contributed by atoms with Crippen molar-refractivity contribution in [2.24, 2.45) is 0 Å². The molecule has 2 fully saturated rings. The molecule has 0 spiro atoms. The lowest BCUT2D eigenvalue weighted by Gasteiger charge is -2.44. The molecule has 1 N–H and O–H groups in total. The monoisotopic (exact) mass is 273 g/mol. The minimum Gasteiger partial charge on any atom is -0.385 e. The van der Waals surface area contributed by atoms with E-state index in [-0.39, 0.29) is 0 Å². The Morgan fingerprint density at radius 2 is 2.00 bits per heavy atom. The van der Waals surface area contributed by atoms with Crippen LogP contribution < -0.4 is 0 Å². The number of nitriles is 1. The summed E-state index contributed by atoms with van der Waals surface area (Å²) in [5.41, 5.74) is 1.81. The minimum atomic E-state index is -0.794. The number of fused-ring (bicyclic) bond motifs is 2. The van der Waals surface area contributed by atoms with Gasteiger partial charge in [-0.25, -0.2) is 0 Å². The van der Waals surface area contributed by atoms with E-state index in [4.69, 9.17) is 0 Å². The maximum atomic E-state index is 11.1. The highest BCUT2D eigenvalue weighted by Crippen LogP contribution is 2.50. The Morgan fingerprint density at radius 1 is 1.32 bits per heavy atom. The number of aryl methyl sites for hydroxylation is 1. The lowest BCUT2D eigenvalue weighted by molar-refractivity contribution is 0.00784. The van der Waals surface area contributed by atoms with Crippen molar-refractivity contribution in [2.45, 2.75) is 55.1 Å². The number of nitrogens with zero attached hydrogens (tertiary/aromatic N) is 1. The summed E-state index contributed by atoms with van der Waals surface area (Å²) in [4.78, 5) is 0. The van der Waals surface area contributed by atoms with Crippen molar-refractivity contribution in [1.29, 1.82) is 5.26 Å². The molecule has 2 aliphatic heterocycles. The molecule has 0 aliphatic carbocycles. The second-order valence-electron chi connectivity index (χ2n) is 5.91. The van der Waals surface area contributed by atoms with Gasteiger partial charge in [-0.1, -0.05) is 24.1 Å². The van der Waals surface area contributed by atoms with E-state index in [1.165, 1.54) is 19.3 Å². The van der Waals surface area contributed by atoms with E-state index in [1.807, 2.05) is 36.9 Å². The van der Waals surface area contributed by atoms with Gasteiger partial charge in [0.15, 0.2) is 0 Å². The summed E-state index contributed by atoms with van der Waals surface area (Å²) >= 11 is 2.04. The van der Waals surface area contributed by atoms with Gasteiger partial charge in [0.2, 0.25) is 0 Å². The van der Waals surface area contributed by atoms with Crippen molar-refractivity contribution in [3.8, 4) is 6.07 Å². The van der Waals surface area contributed by atoms with E-state index in [1.54, 1.807) is 0 Å². The molecule has 2 aliphatic rings. The van der Waals surface area contributed by atoms with Crippen LogP contribution >= 0.6 is 11.8 Å². The van der Waals surface area contributed by atoms with Crippen LogP contribution in [0.25, 0.3) is 0 Å². The van der Waals surface area contributed by atoms with E-state index in [2.05, 4.69) is 6.07 Å². The fraction of sp³-hybridized carbons (Fsp3) is 0.562. The third-order valence-electron chi connectivity index (χ3n) is 4.36. The average molecular weight is 273 g/mol. The Kier molecular flexibility index (Phi) is 3.32. The van der Waals surface area contributed by atoms with Gasteiger partial charge in [-0.2, -0.15) is 17.0 Å². The molecule has 0 aromatic heterocycles. The summed E-state index contributed by atoms with van der Waals surface area (Å²) in [6.45, 7) is 2.02. The lowest BCUT2D eigenvalue weighted by atomic mass is 9.78. The number of aliphatic hydroxyl groups is 1. The molecular formula is C16H19NOS. The van der Waals surface area contributed by atoms with Gasteiger partial charge >= 0.3 is 0 Å². The normalized spacial score (nSPS) is 33.7. The molecule has 3 rings (SSSR count). The van der Waals surface area contributed by atoms with Gasteiger partial charge in [-0.05, 0) is 38.7 Å². The highest BCUT2D eigenvalue weighted by molar-refractivity contribution is 8.00. The number of hydrogen-bond donors (Lipinski definition) is 1. The third kappa shape index (κ3) is 2.40. The van der Waals surface area contributed by atoms with Gasteiger partial charge in [0, 0.05) is 16.1 Å². The first-order chi connectivity index (χ1) is 9.10. The molecule has 2 atom stereocenters. The number of thioether (sulfide) groups is 1. The van der Waals surface area contributed by atoms with Crippen molar-refractivity contribution >= 4 is 11.8 Å². The Morgan fingerprint density at radius 3 is 2.63 bits per heavy atom. The SMILES string of the molecule is Cc1ccc(C#N)c(C2(O)CC3CCCC(C2)S3)c1. The smallest absolute Gasteiger partial charge is 0.0995 e. The van der Waals surface area contributed by atoms with E-state index in [9.17, 15) is 10.4 Å². The van der Waals surface area contributed by atoms with Crippen molar-refractivity contribution in [3.05, 3.63) is 34.9 Å². The standard InChI is InChI=1S/C16H19NOS/c1-11-5-6-12(10-17)15(7-11)16(18)8-13-3-2-4-14(9-16)19-13/h5-7,13-14,18H,2-4,8-9H2,1H3. The zero-order valence-electron chi connectivity index (χ0n) is 11.2. The summed E-state index contributed by atoms with van der Waals surface area (Å²) in [6.07, 6.45) is 5.30. The number of rotatable bonds is 1. The van der Waals surface area contributed by atoms with E-state index in [0.29, 0.717) is 16.1 Å². The average Bonchev–Trinajstić information content (AvgIpc) is 2.38. The molecule has 2 bridgehead atoms. The highest BCUT2D eigenvalue weighted by Gasteiger charge is 2.43. The zero-order valence-corrected chi connectivity index (χ0v) is 12.0. The summed E-state index contributed by atoms with van der Waals surface area (Å²) < 4.78 is 0. The molecule has 2 unspecified atom stereocenters. The molecular weight excluding hydrogens is 254 g/mol. The van der Waals surface area contributed by atoms with Crippen molar-refractivity contribution < 1.29 is 5.11 Å². The lowest BCUT2D eigenvalue weighted by Crippen LogP contribution is -2.41. The Labute approximate surface area is 118 Å². The van der Waals surface area contributed by atoms with Crippen LogP contribution in [0.1, 0.15) is 48.8 Å². The fourth-order valence-corrected chi connectivity index (χ4v) is 5.37. The first kappa shape index (κ1) is 13.0. The first-order valence-corrected chi connectivity index (χ1v) is 7.94. The minimum absolute atomic E-state index is 0.560. The second kappa shape index (κ2) is 4.85. The molecule has 3 heteroatoms. The number of hydrogen-bond acceptors (Lipinski definition) is 3. The van der Waals surface area contributed by atoms with Crippen LogP contribution in [0.4, 0.5) is 0 Å². The molecule has 0 saturated carbocycles. The molecule has 19 heavy (non-hydrogen) atoms. The van der Waals surface area contributed by atoms with Gasteiger partial charge in [-0.15, -0.1) is 0 Å². The van der Waals surface area contributed by atoms with E-state index < -0.39 is 5.60 Å². The summed E-state index contributed by atoms with van der Waals surface area (Å²) in [5, 5.41) is 21.5. The fourth-order valence-electron chi connectivity index (χ4n) is 3.48. The summed E-state index contributed by atoms with van der Waals surface area (Å²) in [6, 6.07) is 8.04. The van der Waals surface area contributed by atoms with Gasteiger partial charge < -0.3 is 5.11 Å². The first-order valence-electron chi connectivity index (χ1n) is 7.00. The van der Waals surface area contributed by atoms with Crippen LogP contribution in [0.3, 0.4) is 0 Å². The van der Waals surface area contributed by atoms with Crippen LogP contribution in [0, 0.1) is 18.3 Å². The molecule has 2 heterocycles. The van der Waals surface area contributed by atoms with E-state index >= 15 is 0 Å². The van der Waals surface area contributed by atoms with Crippen molar-refractivity contribution in [3.63, 3.8) is 0 Å². The molecule has 0 amide bonds. The van der Waals surface area contributed by atoms with Crippen molar-refractivity contribution in [1.82, 2.24) is 0 Å². The molecule has 1 aromatic rings. The second-order valence-corrected chi connectivity index (χ2v) is 7.52. The van der Waals surface area contributed by atoms with E-state index in [0.717, 1.165) is 24.0 Å². The van der Waals surface area contributed by atoms with Crippen LogP contribution in [0.15, 0.2) is 18.2 Å². The van der Waals surface area contributed by atoms with Crippen LogP contribution in [0.5, 0.6) is 0 Å². The topological polar surface area (TPSA) is 44.0 Å². The van der Waals surface area contributed by atoms with Crippen LogP contribution in [-0.2, 0) is 5.60 Å². The number of benzene rings is 1. The maximum Gasteiger partial charge on any atom is 0.0995 e. The van der Waals surface area contributed by atoms with Gasteiger partial charge in [0.25, 0.3) is 0 Å². The zero-order chi connectivity index (χ0) is 13.5. The predicted octanol–water partition coefficient (Wildman–Crippen LogP) is 3.50.